The number of ketones is 2. The van der Waals surface area contributed by atoms with Crippen molar-refractivity contribution in [2.45, 2.75) is 37.6 Å². The van der Waals surface area contributed by atoms with Gasteiger partial charge in [-0.15, -0.1) is 0 Å². The Balaban J connectivity index is 1.82. The first-order valence-electron chi connectivity index (χ1n) is 8.47. The van der Waals surface area contributed by atoms with Crippen molar-refractivity contribution in [1.82, 2.24) is 4.90 Å². The number of fused-ring (bicyclic) bond motifs is 1. The number of carbonyl (C=O) groups is 2. The number of nitro benzene ring substituents is 1. The van der Waals surface area contributed by atoms with Crippen LogP contribution in [0.2, 0.25) is 0 Å². The van der Waals surface area contributed by atoms with Gasteiger partial charge < -0.3 is 0 Å². The van der Waals surface area contributed by atoms with E-state index in [0.29, 0.717) is 24.9 Å². The highest BCUT2D eigenvalue weighted by Crippen LogP contribution is 2.54. The summed E-state index contributed by atoms with van der Waals surface area (Å²) in [5, 5.41) is 11.5. The number of hydrogen-bond donors (Lipinski definition) is 0. The molecule has 6 nitrogen and oxygen atoms in total. The third kappa shape index (κ3) is 1.92. The highest BCUT2D eigenvalue weighted by molar-refractivity contribution is 5.95. The van der Waals surface area contributed by atoms with Crippen LogP contribution in [-0.2, 0) is 15.0 Å². The summed E-state index contributed by atoms with van der Waals surface area (Å²) in [5.41, 5.74) is -0.172. The van der Waals surface area contributed by atoms with Crippen molar-refractivity contribution in [1.29, 1.82) is 0 Å². The van der Waals surface area contributed by atoms with Gasteiger partial charge in [0.2, 0.25) is 0 Å². The fourth-order valence-electron chi connectivity index (χ4n) is 5.28. The molecule has 0 radical (unpaired) electrons. The van der Waals surface area contributed by atoms with Gasteiger partial charge in [-0.2, -0.15) is 0 Å². The van der Waals surface area contributed by atoms with E-state index in [1.165, 1.54) is 6.07 Å². The maximum absolute atomic E-state index is 13.2. The van der Waals surface area contributed by atoms with Crippen LogP contribution in [0.15, 0.2) is 24.3 Å². The molecule has 1 aromatic rings. The Hall–Kier alpha value is -2.08. The number of piperidine rings is 1. The minimum absolute atomic E-state index is 0.0135. The van der Waals surface area contributed by atoms with Crippen LogP contribution in [0.25, 0.3) is 0 Å². The van der Waals surface area contributed by atoms with E-state index in [1.807, 2.05) is 0 Å². The molecule has 4 atom stereocenters. The number of para-hydroxylation sites is 1. The Labute approximate surface area is 140 Å². The molecule has 1 saturated carbocycles. The van der Waals surface area contributed by atoms with Gasteiger partial charge in [-0.25, -0.2) is 0 Å². The maximum atomic E-state index is 13.2. The summed E-state index contributed by atoms with van der Waals surface area (Å²) in [4.78, 5) is 38.4. The largest absolute Gasteiger partial charge is 0.300 e. The molecule has 0 amide bonds. The molecule has 3 aliphatic rings. The van der Waals surface area contributed by atoms with E-state index in [1.54, 1.807) is 25.1 Å². The lowest BCUT2D eigenvalue weighted by atomic mass is 9.59. The molecular weight excluding hydrogens is 308 g/mol. The van der Waals surface area contributed by atoms with Crippen molar-refractivity contribution in [2.24, 2.45) is 11.8 Å². The lowest BCUT2D eigenvalue weighted by molar-refractivity contribution is -0.386. The summed E-state index contributed by atoms with van der Waals surface area (Å²) in [7, 11) is 0. The number of hydrogen-bond acceptors (Lipinski definition) is 5. The molecule has 6 heteroatoms. The first-order chi connectivity index (χ1) is 11.4. The molecule has 3 fully saturated rings. The molecule has 0 unspecified atom stereocenters. The number of rotatable bonds is 3. The van der Waals surface area contributed by atoms with E-state index in [9.17, 15) is 19.7 Å². The van der Waals surface area contributed by atoms with Gasteiger partial charge in [0, 0.05) is 36.6 Å². The quantitative estimate of drug-likeness (QED) is 0.627. The van der Waals surface area contributed by atoms with Gasteiger partial charge in [-0.05, 0) is 32.2 Å². The molecule has 126 valence electrons. The second-order valence-corrected chi connectivity index (χ2v) is 7.35. The van der Waals surface area contributed by atoms with E-state index < -0.39 is 5.41 Å². The van der Waals surface area contributed by atoms with E-state index >= 15 is 0 Å². The van der Waals surface area contributed by atoms with Crippen molar-refractivity contribution < 1.29 is 14.5 Å². The third-order valence-electron chi connectivity index (χ3n) is 6.38. The minimum atomic E-state index is -0.776. The van der Waals surface area contributed by atoms with Crippen LogP contribution >= 0.6 is 0 Å². The second kappa shape index (κ2) is 5.21. The highest BCUT2D eigenvalue weighted by atomic mass is 16.6. The van der Waals surface area contributed by atoms with Crippen LogP contribution in [0.3, 0.4) is 0 Å². The fourth-order valence-corrected chi connectivity index (χ4v) is 5.28. The number of nitro groups is 1. The smallest absolute Gasteiger partial charge is 0.273 e. The summed E-state index contributed by atoms with van der Waals surface area (Å²) < 4.78 is 0. The lowest BCUT2D eigenvalue weighted by Crippen LogP contribution is -2.59. The topological polar surface area (TPSA) is 80.5 Å². The van der Waals surface area contributed by atoms with Crippen molar-refractivity contribution >= 4 is 17.3 Å². The fraction of sp³-hybridized carbons (Fsp3) is 0.556. The summed E-state index contributed by atoms with van der Waals surface area (Å²) in [6.45, 7) is 3.01. The molecule has 2 saturated heterocycles. The van der Waals surface area contributed by atoms with Gasteiger partial charge in [0.15, 0.2) is 0 Å². The van der Waals surface area contributed by atoms with Crippen molar-refractivity contribution in [3.05, 3.63) is 39.9 Å². The first-order valence-corrected chi connectivity index (χ1v) is 8.47. The van der Waals surface area contributed by atoms with E-state index in [-0.39, 0.29) is 40.1 Å². The molecule has 2 heterocycles. The molecule has 0 N–H and O–H groups in total. The van der Waals surface area contributed by atoms with E-state index in [4.69, 9.17) is 0 Å². The van der Waals surface area contributed by atoms with Gasteiger partial charge in [-0.1, -0.05) is 18.2 Å². The van der Waals surface area contributed by atoms with Crippen molar-refractivity contribution in [2.75, 3.05) is 13.1 Å². The predicted octanol–water partition coefficient (Wildman–Crippen LogP) is 2.10. The summed E-state index contributed by atoms with van der Waals surface area (Å²) in [6.07, 6.45) is 1.75. The predicted molar refractivity (Wildman–Crippen MR) is 86.7 cm³/mol. The summed E-state index contributed by atoms with van der Waals surface area (Å²) >= 11 is 0. The Kier molecular flexibility index (Phi) is 3.35. The van der Waals surface area contributed by atoms with Crippen molar-refractivity contribution in [3.63, 3.8) is 0 Å². The molecular formula is C18H20N2O4. The summed E-state index contributed by atoms with van der Waals surface area (Å²) in [5.74, 6) is 0.236. The molecule has 1 aliphatic carbocycles. The van der Waals surface area contributed by atoms with Gasteiger partial charge in [0.05, 0.1) is 10.3 Å². The second-order valence-electron chi connectivity index (χ2n) is 7.35. The van der Waals surface area contributed by atoms with Crippen LogP contribution < -0.4 is 0 Å². The summed E-state index contributed by atoms with van der Waals surface area (Å²) in [6, 6.07) is 6.65. The number of nitrogens with zero attached hydrogens (tertiary/aromatic N) is 2. The molecule has 4 rings (SSSR count). The van der Waals surface area contributed by atoms with Crippen LogP contribution in [0.1, 0.15) is 31.7 Å². The Morgan fingerprint density at radius 3 is 2.83 bits per heavy atom. The normalized spacial score (nSPS) is 35.0. The lowest BCUT2D eigenvalue weighted by Gasteiger charge is -2.49. The van der Waals surface area contributed by atoms with Gasteiger partial charge in [0.25, 0.3) is 5.69 Å². The molecule has 2 bridgehead atoms. The Morgan fingerprint density at radius 2 is 2.12 bits per heavy atom. The zero-order valence-corrected chi connectivity index (χ0v) is 13.6. The third-order valence-corrected chi connectivity index (χ3v) is 6.38. The molecule has 2 aliphatic heterocycles. The maximum Gasteiger partial charge on any atom is 0.273 e. The van der Waals surface area contributed by atoms with Crippen LogP contribution in [0.5, 0.6) is 0 Å². The van der Waals surface area contributed by atoms with E-state index in [0.717, 1.165) is 13.0 Å². The Morgan fingerprint density at radius 1 is 1.38 bits per heavy atom. The molecule has 1 aromatic carbocycles. The number of benzene rings is 1. The zero-order valence-electron chi connectivity index (χ0n) is 13.6. The average molecular weight is 328 g/mol. The molecule has 0 spiro atoms. The van der Waals surface area contributed by atoms with Crippen LogP contribution in [-0.4, -0.2) is 40.5 Å². The van der Waals surface area contributed by atoms with E-state index in [2.05, 4.69) is 4.90 Å². The number of Topliss-reactive ketones (excluding diaryl/α,β-unsaturated/α-hetero) is 2. The molecule has 0 aromatic heterocycles. The first kappa shape index (κ1) is 15.4. The average Bonchev–Trinajstić information content (AvgIpc) is 2.96. The SMILES string of the molecule is CC(=O)[C@@H]1CN2CC[C@]3(c4ccccc4[N+](=O)[O-])C(=O)C[C@H]1C[C@H]23. The Bertz CT molecular complexity index is 746. The zero-order chi connectivity index (χ0) is 17.1. The monoisotopic (exact) mass is 328 g/mol. The van der Waals surface area contributed by atoms with Crippen LogP contribution in [0, 0.1) is 22.0 Å². The van der Waals surface area contributed by atoms with Crippen LogP contribution in [0.4, 0.5) is 5.69 Å². The van der Waals surface area contributed by atoms with Gasteiger partial charge in [-0.3, -0.25) is 24.6 Å². The minimum Gasteiger partial charge on any atom is -0.300 e. The molecule has 24 heavy (non-hydrogen) atoms. The van der Waals surface area contributed by atoms with Gasteiger partial charge >= 0.3 is 0 Å². The van der Waals surface area contributed by atoms with Crippen molar-refractivity contribution in [3.8, 4) is 0 Å². The highest BCUT2D eigenvalue weighted by Gasteiger charge is 2.61. The standard InChI is InChI=1S/C18H20N2O4/c1-11(21)13-10-19-7-6-18(16(19)8-12(13)9-17(18)22)14-4-2-3-5-15(14)20(23)24/h2-5,12-13,16H,6-10H2,1H3/t12-,13+,16+,18-/m1/s1. The van der Waals surface area contributed by atoms with Gasteiger partial charge in [0.1, 0.15) is 11.6 Å². The number of carbonyl (C=O) groups excluding carboxylic acids is 2.